The molecule has 7 nitrogen and oxygen atoms in total. The number of nitrogens with zero attached hydrogens (tertiary/aromatic N) is 3. The quantitative estimate of drug-likeness (QED) is 0.304. The fourth-order valence-electron chi connectivity index (χ4n) is 3.11. The van der Waals surface area contributed by atoms with Crippen LogP contribution in [-0.4, -0.2) is 79.6 Å². The van der Waals surface area contributed by atoms with Gasteiger partial charge in [0.05, 0.1) is 13.1 Å². The molecule has 2 rings (SSSR count). The number of benzene rings is 1. The van der Waals surface area contributed by atoms with Crippen molar-refractivity contribution < 1.29 is 13.9 Å². The van der Waals surface area contributed by atoms with E-state index in [1.807, 2.05) is 27.7 Å². The van der Waals surface area contributed by atoms with Gasteiger partial charge in [-0.05, 0) is 52.0 Å². The highest BCUT2D eigenvalue weighted by Crippen LogP contribution is 2.13. The average molecular weight is 535 g/mol. The van der Waals surface area contributed by atoms with E-state index in [1.54, 1.807) is 12.1 Å². The molecule has 1 aromatic rings. The minimum Gasteiger partial charge on any atom is -0.489 e. The number of hydrogen-bond donors (Lipinski definition) is 2. The highest BCUT2D eigenvalue weighted by molar-refractivity contribution is 14.0. The lowest BCUT2D eigenvalue weighted by atomic mass is 10.3. The fraction of sp³-hybridized carbons (Fsp3) is 0.619. The maximum Gasteiger partial charge on any atom is 0.234 e. The van der Waals surface area contributed by atoms with Gasteiger partial charge >= 0.3 is 0 Å². The van der Waals surface area contributed by atoms with E-state index < -0.39 is 0 Å². The van der Waals surface area contributed by atoms with Gasteiger partial charge in [0.1, 0.15) is 17.7 Å². The van der Waals surface area contributed by atoms with Crippen molar-refractivity contribution in [3.63, 3.8) is 0 Å². The summed E-state index contributed by atoms with van der Waals surface area (Å²) in [5.74, 6) is 1.28. The van der Waals surface area contributed by atoms with Crippen molar-refractivity contribution in [1.82, 2.24) is 20.4 Å². The van der Waals surface area contributed by atoms with Crippen molar-refractivity contribution in [3.05, 3.63) is 30.1 Å². The number of hydrogen-bond acceptors (Lipinski definition) is 4. The number of piperazine rings is 1. The van der Waals surface area contributed by atoms with Crippen LogP contribution in [0.1, 0.15) is 27.7 Å². The van der Waals surface area contributed by atoms with Gasteiger partial charge in [-0.2, -0.15) is 0 Å². The van der Waals surface area contributed by atoms with E-state index in [1.165, 1.54) is 12.1 Å². The smallest absolute Gasteiger partial charge is 0.234 e. The summed E-state index contributed by atoms with van der Waals surface area (Å²) in [6, 6.07) is 6.17. The third-order valence-electron chi connectivity index (χ3n) is 4.47. The molecule has 1 aliphatic rings. The van der Waals surface area contributed by atoms with Gasteiger partial charge in [0.2, 0.25) is 5.91 Å². The van der Waals surface area contributed by atoms with Crippen LogP contribution in [0.5, 0.6) is 5.75 Å². The summed E-state index contributed by atoms with van der Waals surface area (Å²) in [7, 11) is 0. The number of halogens is 2. The molecule has 0 aromatic heterocycles. The molecule has 30 heavy (non-hydrogen) atoms. The molecule has 1 aromatic carbocycles. The first kappa shape index (κ1) is 26.4. The first-order valence-corrected chi connectivity index (χ1v) is 10.3. The van der Waals surface area contributed by atoms with Crippen LogP contribution in [0.15, 0.2) is 29.3 Å². The highest BCUT2D eigenvalue weighted by atomic mass is 127. The minimum atomic E-state index is -0.279. The Morgan fingerprint density at radius 1 is 1.17 bits per heavy atom. The largest absolute Gasteiger partial charge is 0.489 e. The summed E-state index contributed by atoms with van der Waals surface area (Å²) in [4.78, 5) is 21.0. The monoisotopic (exact) mass is 535 g/mol. The van der Waals surface area contributed by atoms with Gasteiger partial charge in [-0.25, -0.2) is 9.38 Å². The minimum absolute atomic E-state index is 0. The Morgan fingerprint density at radius 2 is 1.80 bits per heavy atom. The molecule has 1 unspecified atom stereocenters. The second-order valence-electron chi connectivity index (χ2n) is 7.56. The topological polar surface area (TPSA) is 69.2 Å². The highest BCUT2D eigenvalue weighted by Gasteiger charge is 2.21. The molecule has 0 spiro atoms. The van der Waals surface area contributed by atoms with Crippen LogP contribution in [0, 0.1) is 5.82 Å². The van der Waals surface area contributed by atoms with Crippen molar-refractivity contribution in [2.75, 3.05) is 45.8 Å². The van der Waals surface area contributed by atoms with Gasteiger partial charge in [-0.15, -0.1) is 24.0 Å². The third-order valence-corrected chi connectivity index (χ3v) is 4.47. The number of carbonyl (C=O) groups is 1. The first-order chi connectivity index (χ1) is 13.9. The third kappa shape index (κ3) is 9.46. The number of amides is 1. The van der Waals surface area contributed by atoms with E-state index in [0.717, 1.165) is 38.7 Å². The molecule has 0 bridgehead atoms. The molecule has 0 aliphatic carbocycles. The number of nitrogens with one attached hydrogen (secondary N) is 2. The van der Waals surface area contributed by atoms with Crippen LogP contribution < -0.4 is 15.4 Å². The van der Waals surface area contributed by atoms with Crippen LogP contribution >= 0.6 is 24.0 Å². The van der Waals surface area contributed by atoms with Crippen LogP contribution in [0.25, 0.3) is 0 Å². The second-order valence-corrected chi connectivity index (χ2v) is 7.56. The van der Waals surface area contributed by atoms with Crippen LogP contribution in [0.3, 0.4) is 0 Å². The molecule has 9 heteroatoms. The summed E-state index contributed by atoms with van der Waals surface area (Å²) in [5.41, 5.74) is 0. The van der Waals surface area contributed by atoms with Crippen molar-refractivity contribution in [2.24, 2.45) is 4.99 Å². The molecule has 0 radical (unpaired) electrons. The summed E-state index contributed by atoms with van der Waals surface area (Å²) in [6.07, 6.45) is -0.130. The molecular formula is C21H35FIN5O2. The van der Waals surface area contributed by atoms with Gasteiger partial charge in [-0.1, -0.05) is 0 Å². The molecule has 170 valence electrons. The standard InChI is InChI=1S/C21H34FN5O2.HI/c1-5-23-21(24-14-17(4)29-19-8-6-18(22)7-9-19)27-12-10-26(11-13-27)15-20(28)25-16(2)3;/h6-9,16-17H,5,10-15H2,1-4H3,(H,23,24)(H,25,28);1H. The summed E-state index contributed by atoms with van der Waals surface area (Å²) in [6.45, 7) is 12.9. The van der Waals surface area contributed by atoms with Crippen molar-refractivity contribution in [3.8, 4) is 5.75 Å². The zero-order valence-corrected chi connectivity index (χ0v) is 20.7. The van der Waals surface area contributed by atoms with Gasteiger partial charge in [0, 0.05) is 38.8 Å². The van der Waals surface area contributed by atoms with Gasteiger partial charge in [0.15, 0.2) is 5.96 Å². The van der Waals surface area contributed by atoms with E-state index in [9.17, 15) is 9.18 Å². The van der Waals surface area contributed by atoms with Crippen molar-refractivity contribution in [1.29, 1.82) is 0 Å². The molecule has 1 atom stereocenters. The maximum absolute atomic E-state index is 13.0. The Bertz CT molecular complexity index is 664. The molecule has 1 aliphatic heterocycles. The van der Waals surface area contributed by atoms with Crippen molar-refractivity contribution >= 4 is 35.8 Å². The van der Waals surface area contributed by atoms with Gasteiger partial charge in [0.25, 0.3) is 0 Å². The molecule has 1 heterocycles. The summed E-state index contributed by atoms with van der Waals surface area (Å²) < 4.78 is 18.8. The Labute approximate surface area is 196 Å². The Kier molecular flexibility index (Phi) is 12.0. The number of guanidine groups is 1. The Morgan fingerprint density at radius 3 is 2.37 bits per heavy atom. The predicted octanol–water partition coefficient (Wildman–Crippen LogP) is 2.32. The first-order valence-electron chi connectivity index (χ1n) is 10.3. The lowest BCUT2D eigenvalue weighted by molar-refractivity contribution is -0.123. The number of carbonyl (C=O) groups excluding carboxylic acids is 1. The SMILES string of the molecule is CCNC(=NCC(C)Oc1ccc(F)cc1)N1CCN(CC(=O)NC(C)C)CC1.I. The van der Waals surface area contributed by atoms with Gasteiger partial charge in [-0.3, -0.25) is 9.69 Å². The molecule has 1 fully saturated rings. The Hall–Kier alpha value is -1.62. The van der Waals surface area contributed by atoms with Crippen LogP contribution in [0.4, 0.5) is 4.39 Å². The van der Waals surface area contributed by atoms with E-state index in [4.69, 9.17) is 9.73 Å². The van der Waals surface area contributed by atoms with Crippen molar-refractivity contribution in [2.45, 2.75) is 39.8 Å². The summed E-state index contributed by atoms with van der Waals surface area (Å²) >= 11 is 0. The molecule has 1 amide bonds. The van der Waals surface area contributed by atoms with E-state index >= 15 is 0 Å². The maximum atomic E-state index is 13.0. The second kappa shape index (κ2) is 13.6. The average Bonchev–Trinajstić information content (AvgIpc) is 2.67. The molecule has 1 saturated heterocycles. The lowest BCUT2D eigenvalue weighted by Crippen LogP contribution is -2.54. The normalized spacial score (nSPS) is 16.1. The molecule has 2 N–H and O–H groups in total. The Balaban J connectivity index is 0.00000450. The fourth-order valence-corrected chi connectivity index (χ4v) is 3.11. The zero-order chi connectivity index (χ0) is 21.2. The number of rotatable bonds is 8. The lowest BCUT2D eigenvalue weighted by Gasteiger charge is -2.36. The van der Waals surface area contributed by atoms with E-state index in [0.29, 0.717) is 18.8 Å². The van der Waals surface area contributed by atoms with E-state index in [-0.39, 0.29) is 47.8 Å². The number of ether oxygens (including phenoxy) is 1. The van der Waals surface area contributed by atoms with Crippen LogP contribution in [-0.2, 0) is 4.79 Å². The van der Waals surface area contributed by atoms with Crippen LogP contribution in [0.2, 0.25) is 0 Å². The zero-order valence-electron chi connectivity index (χ0n) is 18.4. The van der Waals surface area contributed by atoms with Gasteiger partial charge < -0.3 is 20.3 Å². The number of aliphatic imine (C=N–C) groups is 1. The summed E-state index contributed by atoms with van der Waals surface area (Å²) in [5, 5.41) is 6.27. The molecular weight excluding hydrogens is 500 g/mol. The molecule has 0 saturated carbocycles. The predicted molar refractivity (Wildman–Crippen MR) is 129 cm³/mol. The van der Waals surface area contributed by atoms with E-state index in [2.05, 4.69) is 20.4 Å².